The highest BCUT2D eigenvalue weighted by Crippen LogP contribution is 2.31. The van der Waals surface area contributed by atoms with Gasteiger partial charge in [-0.3, -0.25) is 4.79 Å². The summed E-state index contributed by atoms with van der Waals surface area (Å²) in [7, 11) is 0. The van der Waals surface area contributed by atoms with Crippen LogP contribution in [-0.4, -0.2) is 5.78 Å². The monoisotopic (exact) mass is 356 g/mol. The van der Waals surface area contributed by atoms with E-state index in [1.165, 1.54) is 13.0 Å². The van der Waals surface area contributed by atoms with Crippen LogP contribution in [0.3, 0.4) is 0 Å². The normalized spacial score (nSPS) is 11.5. The van der Waals surface area contributed by atoms with Crippen molar-refractivity contribution in [1.29, 1.82) is 0 Å². The molecule has 2 aromatic carbocycles. The van der Waals surface area contributed by atoms with E-state index in [9.17, 15) is 18.0 Å². The highest BCUT2D eigenvalue weighted by atomic mass is 79.9. The van der Waals surface area contributed by atoms with Gasteiger partial charge in [-0.15, -0.1) is 0 Å². The summed E-state index contributed by atoms with van der Waals surface area (Å²) in [5.74, 6) is -0.278. The van der Waals surface area contributed by atoms with Gasteiger partial charge in [0.1, 0.15) is 0 Å². The van der Waals surface area contributed by atoms with E-state index in [-0.39, 0.29) is 11.3 Å². The van der Waals surface area contributed by atoms with Crippen molar-refractivity contribution in [1.82, 2.24) is 0 Å². The van der Waals surface area contributed by atoms with Gasteiger partial charge in [-0.2, -0.15) is 13.2 Å². The van der Waals surface area contributed by atoms with E-state index in [1.807, 2.05) is 6.07 Å². The van der Waals surface area contributed by atoms with Crippen LogP contribution in [-0.2, 0) is 6.18 Å². The van der Waals surface area contributed by atoms with E-state index in [1.54, 1.807) is 19.1 Å². The smallest absolute Gasteiger partial charge is 0.289 e. The van der Waals surface area contributed by atoms with Crippen LogP contribution in [0.5, 0.6) is 0 Å². The Balaban J connectivity index is 2.47. The number of alkyl halides is 3. The zero-order valence-corrected chi connectivity index (χ0v) is 13.0. The Bertz CT molecular complexity index is 705. The van der Waals surface area contributed by atoms with Crippen molar-refractivity contribution in [3.8, 4) is 0 Å². The number of ketones is 1. The van der Waals surface area contributed by atoms with Gasteiger partial charge in [-0.25, -0.2) is 0 Å². The summed E-state index contributed by atoms with van der Waals surface area (Å²) in [6.45, 7) is 3.30. The number of carbonyl (C=O) groups excluding carboxylic acids is 1. The Kier molecular flexibility index (Phi) is 4.23. The number of carbonyl (C=O) groups is 1. The molecule has 2 rings (SSSR count). The van der Waals surface area contributed by atoms with Gasteiger partial charge < -0.3 is 0 Å². The molecule has 2 aromatic rings. The standard InChI is InChI=1S/C16H12BrF3O/c1-9-3-5-12(17)8-14(9)15(21)13-6-4-11(7-10(13)2)16(18,19)20/h3-8H,1-2H3. The number of rotatable bonds is 2. The molecular weight excluding hydrogens is 345 g/mol. The Labute approximate surface area is 128 Å². The number of halogens is 4. The summed E-state index contributed by atoms with van der Waals surface area (Å²) in [5.41, 5.74) is 1.11. The summed E-state index contributed by atoms with van der Waals surface area (Å²) in [6, 6.07) is 8.45. The molecular formula is C16H12BrF3O. The third-order valence-corrected chi connectivity index (χ3v) is 3.74. The molecule has 0 aliphatic heterocycles. The molecule has 0 atom stereocenters. The Morgan fingerprint density at radius 3 is 2.19 bits per heavy atom. The average Bonchev–Trinajstić information content (AvgIpc) is 2.39. The fourth-order valence-electron chi connectivity index (χ4n) is 2.08. The lowest BCUT2D eigenvalue weighted by Gasteiger charge is -2.12. The molecule has 0 saturated carbocycles. The molecule has 110 valence electrons. The van der Waals surface area contributed by atoms with Crippen molar-refractivity contribution in [2.75, 3.05) is 0 Å². The molecule has 0 heterocycles. The van der Waals surface area contributed by atoms with Gasteiger partial charge in [-0.1, -0.05) is 28.1 Å². The fourth-order valence-corrected chi connectivity index (χ4v) is 2.44. The Morgan fingerprint density at radius 1 is 0.952 bits per heavy atom. The van der Waals surface area contributed by atoms with E-state index in [2.05, 4.69) is 15.9 Å². The number of benzene rings is 2. The van der Waals surface area contributed by atoms with Gasteiger partial charge in [0, 0.05) is 15.6 Å². The van der Waals surface area contributed by atoms with E-state index in [0.717, 1.165) is 22.2 Å². The van der Waals surface area contributed by atoms with Crippen LogP contribution in [0.25, 0.3) is 0 Å². The summed E-state index contributed by atoms with van der Waals surface area (Å²) >= 11 is 3.29. The van der Waals surface area contributed by atoms with Gasteiger partial charge in [0.05, 0.1) is 5.56 Å². The minimum absolute atomic E-state index is 0.278. The van der Waals surface area contributed by atoms with E-state index >= 15 is 0 Å². The summed E-state index contributed by atoms with van der Waals surface area (Å²) in [6.07, 6.45) is -4.40. The van der Waals surface area contributed by atoms with Gasteiger partial charge in [0.2, 0.25) is 0 Å². The summed E-state index contributed by atoms with van der Waals surface area (Å²) in [5, 5.41) is 0. The fraction of sp³-hybridized carbons (Fsp3) is 0.188. The third-order valence-electron chi connectivity index (χ3n) is 3.24. The van der Waals surface area contributed by atoms with Crippen molar-refractivity contribution in [3.63, 3.8) is 0 Å². The highest BCUT2D eigenvalue weighted by Gasteiger charge is 2.31. The van der Waals surface area contributed by atoms with Gasteiger partial charge in [0.25, 0.3) is 0 Å². The molecule has 0 amide bonds. The van der Waals surface area contributed by atoms with Crippen LogP contribution in [0, 0.1) is 13.8 Å². The Morgan fingerprint density at radius 2 is 1.62 bits per heavy atom. The van der Waals surface area contributed by atoms with Crippen molar-refractivity contribution in [2.45, 2.75) is 20.0 Å². The molecule has 0 saturated heterocycles. The minimum Gasteiger partial charge on any atom is -0.289 e. The molecule has 0 aromatic heterocycles. The second kappa shape index (κ2) is 5.64. The first-order valence-electron chi connectivity index (χ1n) is 6.19. The first kappa shape index (κ1) is 15.8. The molecule has 21 heavy (non-hydrogen) atoms. The maximum absolute atomic E-state index is 12.6. The van der Waals surface area contributed by atoms with Crippen molar-refractivity contribution in [3.05, 3.63) is 68.7 Å². The molecule has 0 bridgehead atoms. The third kappa shape index (κ3) is 3.35. The minimum atomic E-state index is -4.40. The maximum Gasteiger partial charge on any atom is 0.416 e. The lowest BCUT2D eigenvalue weighted by Crippen LogP contribution is -2.09. The molecule has 5 heteroatoms. The Hall–Kier alpha value is -1.62. The summed E-state index contributed by atoms with van der Waals surface area (Å²) < 4.78 is 38.7. The summed E-state index contributed by atoms with van der Waals surface area (Å²) in [4.78, 5) is 12.5. The second-order valence-corrected chi connectivity index (χ2v) is 5.73. The molecule has 1 nitrogen and oxygen atoms in total. The van der Waals surface area contributed by atoms with E-state index in [0.29, 0.717) is 11.1 Å². The lowest BCUT2D eigenvalue weighted by atomic mass is 9.95. The number of hydrogen-bond donors (Lipinski definition) is 0. The van der Waals surface area contributed by atoms with Crippen molar-refractivity contribution >= 4 is 21.7 Å². The lowest BCUT2D eigenvalue weighted by molar-refractivity contribution is -0.137. The average molecular weight is 357 g/mol. The zero-order valence-electron chi connectivity index (χ0n) is 11.4. The van der Waals surface area contributed by atoms with Gasteiger partial charge in [0.15, 0.2) is 5.78 Å². The largest absolute Gasteiger partial charge is 0.416 e. The molecule has 0 N–H and O–H groups in total. The molecule has 0 spiro atoms. The first-order valence-corrected chi connectivity index (χ1v) is 6.98. The highest BCUT2D eigenvalue weighted by molar-refractivity contribution is 9.10. The van der Waals surface area contributed by atoms with Gasteiger partial charge >= 0.3 is 6.18 Å². The topological polar surface area (TPSA) is 17.1 Å². The molecule has 0 radical (unpaired) electrons. The van der Waals surface area contributed by atoms with Crippen LogP contribution in [0.15, 0.2) is 40.9 Å². The predicted octanol–water partition coefficient (Wildman–Crippen LogP) is 5.32. The molecule has 0 aliphatic rings. The quantitative estimate of drug-likeness (QED) is 0.666. The maximum atomic E-state index is 12.6. The molecule has 0 unspecified atom stereocenters. The second-order valence-electron chi connectivity index (χ2n) is 4.82. The van der Waals surface area contributed by atoms with Crippen molar-refractivity contribution < 1.29 is 18.0 Å². The van der Waals surface area contributed by atoms with Crippen LogP contribution in [0.2, 0.25) is 0 Å². The molecule has 0 aliphatic carbocycles. The van der Waals surface area contributed by atoms with E-state index < -0.39 is 11.7 Å². The molecule has 0 fully saturated rings. The predicted molar refractivity (Wildman–Crippen MR) is 78.5 cm³/mol. The first-order chi connectivity index (χ1) is 9.70. The van der Waals surface area contributed by atoms with Crippen LogP contribution in [0.4, 0.5) is 13.2 Å². The van der Waals surface area contributed by atoms with Crippen LogP contribution in [0.1, 0.15) is 32.6 Å². The number of aryl methyl sites for hydroxylation is 2. The zero-order chi connectivity index (χ0) is 15.8. The van der Waals surface area contributed by atoms with Crippen molar-refractivity contribution in [2.24, 2.45) is 0 Å². The van der Waals surface area contributed by atoms with E-state index in [4.69, 9.17) is 0 Å². The number of hydrogen-bond acceptors (Lipinski definition) is 1. The van der Waals surface area contributed by atoms with Gasteiger partial charge in [-0.05, 0) is 49.2 Å². The van der Waals surface area contributed by atoms with Crippen LogP contribution < -0.4 is 0 Å². The SMILES string of the molecule is Cc1cc(C(F)(F)F)ccc1C(=O)c1cc(Br)ccc1C. The van der Waals surface area contributed by atoms with Crippen LogP contribution >= 0.6 is 15.9 Å².